The number of ether oxygens (including phenoxy) is 1. The van der Waals surface area contributed by atoms with Crippen LogP contribution in [0.4, 0.5) is 10.1 Å². The number of aliphatic imine (C=N–C) groups is 1. The van der Waals surface area contributed by atoms with Crippen LogP contribution in [0.25, 0.3) is 0 Å². The lowest BCUT2D eigenvalue weighted by Gasteiger charge is -2.49. The largest absolute Gasteiger partial charge is 0.379 e. The fraction of sp³-hybridized carbons (Fsp3) is 0.350. The lowest BCUT2D eigenvalue weighted by Crippen LogP contribution is -2.60. The molecule has 0 spiro atoms. The third-order valence-electron chi connectivity index (χ3n) is 5.24. The maximum atomic E-state index is 16.1. The molecule has 3 atom stereocenters. The zero-order valence-corrected chi connectivity index (χ0v) is 17.3. The third kappa shape index (κ3) is 3.72. The summed E-state index contributed by atoms with van der Waals surface area (Å²) >= 11 is 7.04. The van der Waals surface area contributed by atoms with Crippen LogP contribution in [0.3, 0.4) is 0 Å². The molecule has 0 bridgehead atoms. The standard InChI is InChI=1S/C20H20ClFN4O2S/c1-12-8-19(22)11-29-18(23)26-20(19,10-28-12)13-3-2-4-15(7-13)25-17(27)16-6-5-14(21)9-24-16/h2-7,9,12H,8,10-11H2,1H3,(H2,23,26)(H,25,27)/t12-,19+,20+/m0/s1. The van der Waals surface area contributed by atoms with Gasteiger partial charge in [0.15, 0.2) is 10.8 Å². The molecule has 1 amide bonds. The van der Waals surface area contributed by atoms with Crippen molar-refractivity contribution in [2.75, 3.05) is 17.7 Å². The number of aromatic nitrogens is 1. The number of hydrogen-bond acceptors (Lipinski definition) is 6. The van der Waals surface area contributed by atoms with Crippen LogP contribution in [0.5, 0.6) is 0 Å². The molecule has 6 nitrogen and oxygen atoms in total. The Morgan fingerprint density at radius 2 is 2.24 bits per heavy atom. The first-order valence-corrected chi connectivity index (χ1v) is 10.5. The van der Waals surface area contributed by atoms with Crippen molar-refractivity contribution >= 4 is 40.1 Å². The van der Waals surface area contributed by atoms with Crippen molar-refractivity contribution in [3.05, 3.63) is 58.9 Å². The summed E-state index contributed by atoms with van der Waals surface area (Å²) in [5.41, 5.74) is 4.47. The van der Waals surface area contributed by atoms with E-state index in [-0.39, 0.29) is 30.6 Å². The molecule has 3 N–H and O–H groups in total. The van der Waals surface area contributed by atoms with E-state index < -0.39 is 17.1 Å². The number of nitrogens with one attached hydrogen (secondary N) is 1. The lowest BCUT2D eigenvalue weighted by atomic mass is 9.73. The zero-order valence-electron chi connectivity index (χ0n) is 15.7. The van der Waals surface area contributed by atoms with Crippen LogP contribution >= 0.6 is 23.4 Å². The maximum Gasteiger partial charge on any atom is 0.274 e. The smallest absolute Gasteiger partial charge is 0.274 e. The summed E-state index contributed by atoms with van der Waals surface area (Å²) in [7, 11) is 0. The van der Waals surface area contributed by atoms with E-state index in [1.807, 2.05) is 6.92 Å². The summed E-state index contributed by atoms with van der Waals surface area (Å²) in [4.78, 5) is 21.0. The molecule has 2 aliphatic rings. The second kappa shape index (κ2) is 7.59. The molecule has 1 aromatic heterocycles. The van der Waals surface area contributed by atoms with Crippen molar-refractivity contribution in [1.29, 1.82) is 0 Å². The van der Waals surface area contributed by atoms with Crippen molar-refractivity contribution < 1.29 is 13.9 Å². The number of nitrogens with zero attached hydrogens (tertiary/aromatic N) is 2. The number of anilines is 1. The van der Waals surface area contributed by atoms with Crippen molar-refractivity contribution in [2.45, 2.75) is 30.7 Å². The fourth-order valence-corrected chi connectivity index (χ4v) is 4.83. The highest BCUT2D eigenvalue weighted by atomic mass is 35.5. The van der Waals surface area contributed by atoms with E-state index in [9.17, 15) is 4.79 Å². The van der Waals surface area contributed by atoms with Gasteiger partial charge in [-0.25, -0.2) is 14.4 Å². The summed E-state index contributed by atoms with van der Waals surface area (Å²) in [6.07, 6.45) is 1.42. The van der Waals surface area contributed by atoms with Gasteiger partial charge in [0.25, 0.3) is 5.91 Å². The first-order valence-electron chi connectivity index (χ1n) is 9.13. The Hall–Kier alpha value is -2.16. The average Bonchev–Trinajstić information content (AvgIpc) is 2.69. The minimum absolute atomic E-state index is 0.0854. The Morgan fingerprint density at radius 1 is 1.41 bits per heavy atom. The monoisotopic (exact) mass is 434 g/mol. The number of carbonyl (C=O) groups excluding carboxylic acids is 1. The Kier molecular flexibility index (Phi) is 5.27. The van der Waals surface area contributed by atoms with Gasteiger partial charge in [0, 0.05) is 24.1 Å². The Balaban J connectivity index is 1.67. The van der Waals surface area contributed by atoms with E-state index in [4.69, 9.17) is 22.1 Å². The predicted molar refractivity (Wildman–Crippen MR) is 113 cm³/mol. The Morgan fingerprint density at radius 3 is 3.00 bits per heavy atom. The van der Waals surface area contributed by atoms with Crippen molar-refractivity contribution in [3.8, 4) is 0 Å². The van der Waals surface area contributed by atoms with Crippen LogP contribution in [-0.2, 0) is 10.3 Å². The van der Waals surface area contributed by atoms with Gasteiger partial charge in [-0.3, -0.25) is 4.79 Å². The third-order valence-corrected chi connectivity index (χ3v) is 6.45. The van der Waals surface area contributed by atoms with Crippen LogP contribution in [-0.4, -0.2) is 40.2 Å². The minimum atomic E-state index is -1.60. The van der Waals surface area contributed by atoms with Crippen molar-refractivity contribution in [1.82, 2.24) is 4.98 Å². The molecule has 1 saturated heterocycles. The van der Waals surface area contributed by atoms with Crippen LogP contribution in [0.2, 0.25) is 5.02 Å². The van der Waals surface area contributed by atoms with Gasteiger partial charge in [0.05, 0.1) is 17.7 Å². The summed E-state index contributed by atoms with van der Waals surface area (Å²) in [6.45, 7) is 1.94. The first-order chi connectivity index (χ1) is 13.8. The normalized spacial score (nSPS) is 28.9. The van der Waals surface area contributed by atoms with E-state index in [1.165, 1.54) is 24.0 Å². The van der Waals surface area contributed by atoms with Gasteiger partial charge < -0.3 is 15.8 Å². The quantitative estimate of drug-likeness (QED) is 0.767. The SMILES string of the molecule is C[C@H]1C[C@@]2(F)CSC(N)=N[C@@]2(c2cccc(NC(=O)c3ccc(Cl)cn3)c2)CO1. The lowest BCUT2D eigenvalue weighted by molar-refractivity contribution is -0.106. The number of nitrogens with two attached hydrogens (primary N) is 1. The molecule has 152 valence electrons. The molecular formula is C20H20ClFN4O2S. The van der Waals surface area contributed by atoms with Crippen LogP contribution < -0.4 is 11.1 Å². The number of fused-ring (bicyclic) bond motifs is 1. The minimum Gasteiger partial charge on any atom is -0.379 e. The molecule has 1 fully saturated rings. The number of halogens is 2. The number of thioether (sulfide) groups is 1. The van der Waals surface area contributed by atoms with Crippen LogP contribution in [0.15, 0.2) is 47.6 Å². The molecule has 2 aliphatic heterocycles. The van der Waals surface area contributed by atoms with Gasteiger partial charge in [0.2, 0.25) is 0 Å². The number of benzene rings is 1. The molecule has 1 aromatic carbocycles. The molecule has 2 aromatic rings. The number of carbonyl (C=O) groups is 1. The number of pyridine rings is 1. The Bertz CT molecular complexity index is 973. The molecule has 0 unspecified atom stereocenters. The molecule has 0 aliphatic carbocycles. The van der Waals surface area contributed by atoms with E-state index in [0.717, 1.165) is 0 Å². The summed E-state index contributed by atoms with van der Waals surface area (Å²) in [5.74, 6) is -0.181. The van der Waals surface area contributed by atoms with Crippen LogP contribution in [0, 0.1) is 0 Å². The second-order valence-electron chi connectivity index (χ2n) is 7.29. The summed E-state index contributed by atoms with van der Waals surface area (Å²) in [6, 6.07) is 10.1. The van der Waals surface area contributed by atoms with Gasteiger partial charge in [-0.1, -0.05) is 35.5 Å². The number of alkyl halides is 1. The number of amidine groups is 1. The van der Waals surface area contributed by atoms with Gasteiger partial charge in [-0.05, 0) is 36.8 Å². The van der Waals surface area contributed by atoms with E-state index in [2.05, 4.69) is 15.3 Å². The maximum absolute atomic E-state index is 16.1. The molecule has 0 saturated carbocycles. The van der Waals surface area contributed by atoms with Gasteiger partial charge >= 0.3 is 0 Å². The highest BCUT2D eigenvalue weighted by Gasteiger charge is 2.59. The summed E-state index contributed by atoms with van der Waals surface area (Å²) < 4.78 is 21.9. The molecule has 9 heteroatoms. The molecule has 29 heavy (non-hydrogen) atoms. The molecule has 0 radical (unpaired) electrons. The van der Waals surface area contributed by atoms with Gasteiger partial charge in [-0.2, -0.15) is 0 Å². The summed E-state index contributed by atoms with van der Waals surface area (Å²) in [5, 5.41) is 3.56. The zero-order chi connectivity index (χ0) is 20.6. The molecule has 4 rings (SSSR count). The Labute approximate surface area is 177 Å². The number of hydrogen-bond donors (Lipinski definition) is 2. The second-order valence-corrected chi connectivity index (χ2v) is 8.72. The highest BCUT2D eigenvalue weighted by molar-refractivity contribution is 8.13. The van der Waals surface area contributed by atoms with Gasteiger partial charge in [0.1, 0.15) is 11.2 Å². The van der Waals surface area contributed by atoms with Gasteiger partial charge in [-0.15, -0.1) is 0 Å². The predicted octanol–water partition coefficient (Wildman–Crippen LogP) is 3.76. The van der Waals surface area contributed by atoms with E-state index in [1.54, 1.807) is 30.3 Å². The first kappa shape index (κ1) is 20.1. The fourth-order valence-electron chi connectivity index (χ4n) is 3.76. The number of rotatable bonds is 3. The number of amides is 1. The van der Waals surface area contributed by atoms with E-state index in [0.29, 0.717) is 21.4 Å². The topological polar surface area (TPSA) is 89.6 Å². The van der Waals surface area contributed by atoms with Crippen LogP contribution in [0.1, 0.15) is 29.4 Å². The van der Waals surface area contributed by atoms with Crippen molar-refractivity contribution in [2.24, 2.45) is 10.7 Å². The molecular weight excluding hydrogens is 415 g/mol. The van der Waals surface area contributed by atoms with Crippen molar-refractivity contribution in [3.63, 3.8) is 0 Å². The highest BCUT2D eigenvalue weighted by Crippen LogP contribution is 2.51. The van der Waals surface area contributed by atoms with E-state index >= 15 is 4.39 Å². The average molecular weight is 435 g/mol. The molecule has 3 heterocycles.